The van der Waals surface area contributed by atoms with Crippen molar-refractivity contribution in [3.05, 3.63) is 0 Å². The van der Waals surface area contributed by atoms with Crippen LogP contribution in [-0.2, 0) is 4.79 Å². The number of hydrogen-bond donors (Lipinski definition) is 3. The topological polar surface area (TPSA) is 78.4 Å². The minimum Gasteiger partial charge on any atom is -0.481 e. The minimum absolute atomic E-state index is 0.0199. The molecule has 1 saturated carbocycles. The van der Waals surface area contributed by atoms with Crippen molar-refractivity contribution in [3.8, 4) is 0 Å². The predicted molar refractivity (Wildman–Crippen MR) is 83.1 cm³/mol. The Morgan fingerprint density at radius 1 is 1.14 bits per heavy atom. The number of carboxylic acids is 1. The van der Waals surface area contributed by atoms with E-state index >= 15 is 0 Å². The molecule has 0 radical (unpaired) electrons. The second kappa shape index (κ2) is 6.24. The second-order valence-corrected chi connectivity index (χ2v) is 7.82. The lowest BCUT2D eigenvalue weighted by atomic mass is 9.94. The van der Waals surface area contributed by atoms with Gasteiger partial charge < -0.3 is 15.7 Å². The summed E-state index contributed by atoms with van der Waals surface area (Å²) < 4.78 is 0. The average molecular weight is 298 g/mol. The van der Waals surface area contributed by atoms with E-state index < -0.39 is 5.97 Å². The van der Waals surface area contributed by atoms with Crippen molar-refractivity contribution in [2.45, 2.75) is 60.4 Å². The van der Waals surface area contributed by atoms with E-state index in [0.717, 1.165) is 6.42 Å². The van der Waals surface area contributed by atoms with Crippen LogP contribution in [0.4, 0.5) is 4.79 Å². The van der Waals surface area contributed by atoms with Crippen molar-refractivity contribution in [3.63, 3.8) is 0 Å². The highest BCUT2D eigenvalue weighted by molar-refractivity contribution is 5.75. The molecule has 5 nitrogen and oxygen atoms in total. The Balaban J connectivity index is 2.42. The van der Waals surface area contributed by atoms with Crippen LogP contribution in [-0.4, -0.2) is 29.7 Å². The Kier molecular flexibility index (Phi) is 5.29. The highest BCUT2D eigenvalue weighted by Gasteiger charge is 2.65. The monoisotopic (exact) mass is 298 g/mol. The molecule has 1 rings (SSSR count). The zero-order valence-corrected chi connectivity index (χ0v) is 14.1. The van der Waals surface area contributed by atoms with Gasteiger partial charge in [0, 0.05) is 19.0 Å². The molecule has 122 valence electrons. The Hall–Kier alpha value is -1.26. The van der Waals surface area contributed by atoms with E-state index in [1.54, 1.807) is 0 Å². The normalized spacial score (nSPS) is 20.9. The Bertz CT molecular complexity index is 388. The number of hydrogen-bond acceptors (Lipinski definition) is 2. The zero-order valence-electron chi connectivity index (χ0n) is 14.1. The van der Waals surface area contributed by atoms with Gasteiger partial charge in [0.1, 0.15) is 0 Å². The van der Waals surface area contributed by atoms with E-state index in [4.69, 9.17) is 5.11 Å². The third-order valence-electron chi connectivity index (χ3n) is 5.12. The summed E-state index contributed by atoms with van der Waals surface area (Å²) in [6.07, 6.45) is 0.895. The molecular weight excluding hydrogens is 268 g/mol. The standard InChI is InChI=1S/C16H30N2O3/c1-10(2)7-11(8-12(19)20)9-17-14(21)18-13-15(3,4)16(13,5)6/h10-11,13H,7-9H2,1-6H3,(H,19,20)(H2,17,18,21)/t11-/m0/s1. The molecule has 2 amide bonds. The first-order chi connectivity index (χ1) is 9.48. The van der Waals surface area contributed by atoms with Gasteiger partial charge in [-0.15, -0.1) is 0 Å². The number of carbonyl (C=O) groups excluding carboxylic acids is 1. The molecule has 0 bridgehead atoms. The van der Waals surface area contributed by atoms with Crippen molar-refractivity contribution in [1.29, 1.82) is 0 Å². The lowest BCUT2D eigenvalue weighted by Crippen LogP contribution is -2.41. The van der Waals surface area contributed by atoms with Crippen LogP contribution in [0, 0.1) is 22.7 Å². The van der Waals surface area contributed by atoms with Gasteiger partial charge in [-0.3, -0.25) is 4.79 Å². The van der Waals surface area contributed by atoms with Crippen LogP contribution in [0.2, 0.25) is 0 Å². The fraction of sp³-hybridized carbons (Fsp3) is 0.875. The number of urea groups is 1. The smallest absolute Gasteiger partial charge is 0.315 e. The minimum atomic E-state index is -0.813. The number of carboxylic acid groups (broad SMARTS) is 1. The predicted octanol–water partition coefficient (Wildman–Crippen LogP) is 2.86. The quantitative estimate of drug-likeness (QED) is 0.676. The van der Waals surface area contributed by atoms with Crippen LogP contribution in [0.3, 0.4) is 0 Å². The van der Waals surface area contributed by atoms with Crippen LogP contribution >= 0.6 is 0 Å². The summed E-state index contributed by atoms with van der Waals surface area (Å²) in [5.74, 6) is -0.415. The van der Waals surface area contributed by atoms with E-state index in [1.165, 1.54) is 0 Å². The van der Waals surface area contributed by atoms with E-state index in [0.29, 0.717) is 12.5 Å². The Morgan fingerprint density at radius 2 is 1.67 bits per heavy atom. The Labute approximate surface area is 127 Å². The highest BCUT2D eigenvalue weighted by atomic mass is 16.4. The molecule has 1 atom stereocenters. The number of nitrogens with one attached hydrogen (secondary N) is 2. The summed E-state index contributed by atoms with van der Waals surface area (Å²) in [6, 6.07) is -0.0363. The van der Waals surface area contributed by atoms with Gasteiger partial charge in [0.05, 0.1) is 0 Å². The van der Waals surface area contributed by atoms with Gasteiger partial charge in [-0.05, 0) is 29.1 Å². The molecule has 0 aromatic carbocycles. The third-order valence-corrected chi connectivity index (χ3v) is 5.12. The lowest BCUT2D eigenvalue weighted by molar-refractivity contribution is -0.138. The molecule has 0 heterocycles. The Morgan fingerprint density at radius 3 is 2.05 bits per heavy atom. The largest absolute Gasteiger partial charge is 0.481 e. The van der Waals surface area contributed by atoms with Crippen LogP contribution < -0.4 is 10.6 Å². The molecule has 0 aromatic rings. The van der Waals surface area contributed by atoms with E-state index in [2.05, 4.69) is 52.2 Å². The van der Waals surface area contributed by atoms with Gasteiger partial charge in [0.15, 0.2) is 0 Å². The van der Waals surface area contributed by atoms with Gasteiger partial charge in [-0.2, -0.15) is 0 Å². The van der Waals surface area contributed by atoms with E-state index in [1.807, 2.05) is 0 Å². The molecule has 0 aliphatic heterocycles. The van der Waals surface area contributed by atoms with Gasteiger partial charge in [-0.1, -0.05) is 41.5 Å². The molecule has 1 fully saturated rings. The van der Waals surface area contributed by atoms with E-state index in [9.17, 15) is 9.59 Å². The first-order valence-corrected chi connectivity index (χ1v) is 7.74. The first-order valence-electron chi connectivity index (χ1n) is 7.74. The first kappa shape index (κ1) is 17.8. The van der Waals surface area contributed by atoms with Crippen molar-refractivity contribution < 1.29 is 14.7 Å². The molecule has 0 spiro atoms. The maximum atomic E-state index is 12.0. The maximum absolute atomic E-state index is 12.0. The second-order valence-electron chi connectivity index (χ2n) is 7.82. The van der Waals surface area contributed by atoms with Gasteiger partial charge >= 0.3 is 12.0 Å². The average Bonchev–Trinajstić information content (AvgIpc) is 2.67. The molecular formula is C16H30N2O3. The van der Waals surface area contributed by atoms with Crippen molar-refractivity contribution in [2.24, 2.45) is 22.7 Å². The molecule has 21 heavy (non-hydrogen) atoms. The molecule has 3 N–H and O–H groups in total. The number of amides is 2. The summed E-state index contributed by atoms with van der Waals surface area (Å²) in [6.45, 7) is 13.1. The fourth-order valence-corrected chi connectivity index (χ4v) is 3.13. The van der Waals surface area contributed by atoms with Gasteiger partial charge in [0.25, 0.3) is 0 Å². The summed E-state index contributed by atoms with van der Waals surface area (Å²) in [5.41, 5.74) is 0.200. The number of aliphatic carboxylic acids is 1. The summed E-state index contributed by atoms with van der Waals surface area (Å²) in [4.78, 5) is 22.8. The molecule has 0 saturated heterocycles. The molecule has 1 aliphatic carbocycles. The molecule has 0 aromatic heterocycles. The highest BCUT2D eigenvalue weighted by Crippen LogP contribution is 2.62. The third kappa shape index (κ3) is 4.35. The van der Waals surface area contributed by atoms with Crippen molar-refractivity contribution in [2.75, 3.05) is 6.54 Å². The van der Waals surface area contributed by atoms with Crippen LogP contribution in [0.15, 0.2) is 0 Å². The number of rotatable bonds is 7. The van der Waals surface area contributed by atoms with Crippen molar-refractivity contribution in [1.82, 2.24) is 10.6 Å². The molecule has 5 heteroatoms. The summed E-state index contributed by atoms with van der Waals surface area (Å²) in [7, 11) is 0. The summed E-state index contributed by atoms with van der Waals surface area (Å²) in [5, 5.41) is 14.8. The van der Waals surface area contributed by atoms with Crippen LogP contribution in [0.1, 0.15) is 54.4 Å². The van der Waals surface area contributed by atoms with Crippen LogP contribution in [0.25, 0.3) is 0 Å². The summed E-state index contributed by atoms with van der Waals surface area (Å²) >= 11 is 0. The fourth-order valence-electron chi connectivity index (χ4n) is 3.13. The number of carbonyl (C=O) groups is 2. The molecule has 1 aliphatic rings. The van der Waals surface area contributed by atoms with Gasteiger partial charge in [-0.25, -0.2) is 4.79 Å². The maximum Gasteiger partial charge on any atom is 0.315 e. The van der Waals surface area contributed by atoms with E-state index in [-0.39, 0.29) is 35.2 Å². The zero-order chi connectivity index (χ0) is 16.4. The van der Waals surface area contributed by atoms with Gasteiger partial charge in [0.2, 0.25) is 0 Å². The SMILES string of the molecule is CC(C)C[C@H](CNC(=O)NC1C(C)(C)C1(C)C)CC(=O)O. The lowest BCUT2D eigenvalue weighted by Gasteiger charge is -2.18. The van der Waals surface area contributed by atoms with Crippen LogP contribution in [0.5, 0.6) is 0 Å². The molecule has 0 unspecified atom stereocenters. The van der Waals surface area contributed by atoms with Crippen molar-refractivity contribution >= 4 is 12.0 Å².